The first-order valence-electron chi connectivity index (χ1n) is 8.67. The van der Waals surface area contributed by atoms with Gasteiger partial charge in [0.1, 0.15) is 29.6 Å². The molecule has 0 unspecified atom stereocenters. The molecule has 138 valence electrons. The molecule has 1 fully saturated rings. The second kappa shape index (κ2) is 8.52. The van der Waals surface area contributed by atoms with E-state index in [9.17, 15) is 4.79 Å². The number of nitrogens with one attached hydrogen (secondary N) is 1. The van der Waals surface area contributed by atoms with Gasteiger partial charge in [-0.3, -0.25) is 9.69 Å². The summed E-state index contributed by atoms with van der Waals surface area (Å²) in [5.41, 5.74) is 0.985. The number of carbonyl (C=O) groups is 1. The van der Waals surface area contributed by atoms with E-state index in [1.165, 1.54) is 0 Å². The topological polar surface area (TPSA) is 78.5 Å². The molecule has 0 saturated carbocycles. The normalized spacial score (nSPS) is 15.1. The van der Waals surface area contributed by atoms with Crippen LogP contribution in [0.3, 0.4) is 0 Å². The summed E-state index contributed by atoms with van der Waals surface area (Å²) < 4.78 is 11.3. The molecule has 3 rings (SSSR count). The number of hydrogen-bond donors (Lipinski definition) is 1. The van der Waals surface area contributed by atoms with Crippen LogP contribution < -0.4 is 10.1 Å². The van der Waals surface area contributed by atoms with Gasteiger partial charge in [0.05, 0.1) is 11.6 Å². The monoisotopic (exact) mass is 381 g/mol. The van der Waals surface area contributed by atoms with Crippen molar-refractivity contribution in [2.45, 2.75) is 26.4 Å². The van der Waals surface area contributed by atoms with Crippen LogP contribution in [0, 0.1) is 11.3 Å². The lowest BCUT2D eigenvalue weighted by atomic mass is 10.2. The third kappa shape index (κ3) is 4.54. The second-order valence-electron chi connectivity index (χ2n) is 6.03. The summed E-state index contributed by atoms with van der Waals surface area (Å²) in [4.78, 5) is 14.0. The van der Waals surface area contributed by atoms with Crippen molar-refractivity contribution in [3.8, 4) is 11.8 Å². The number of hydrogen-bond acceptors (Lipinski definition) is 5. The first-order chi connectivity index (χ1) is 13.1. The fourth-order valence-corrected chi connectivity index (χ4v) is 2.85. The summed E-state index contributed by atoms with van der Waals surface area (Å²) >= 11 is 5.23. The van der Waals surface area contributed by atoms with Crippen molar-refractivity contribution < 1.29 is 13.9 Å². The van der Waals surface area contributed by atoms with Gasteiger partial charge in [0.2, 0.25) is 0 Å². The highest BCUT2D eigenvalue weighted by molar-refractivity contribution is 7.80. The van der Waals surface area contributed by atoms with Crippen molar-refractivity contribution in [2.75, 3.05) is 6.54 Å². The molecule has 2 aromatic rings. The smallest absolute Gasteiger partial charge is 0.276 e. The summed E-state index contributed by atoms with van der Waals surface area (Å²) in [6, 6.07) is 12.5. The molecule has 1 N–H and O–H groups in total. The lowest BCUT2D eigenvalue weighted by molar-refractivity contribution is -0.122. The van der Waals surface area contributed by atoms with Gasteiger partial charge in [0.15, 0.2) is 5.11 Å². The zero-order valence-electron chi connectivity index (χ0n) is 14.9. The molecule has 1 saturated heterocycles. The SMILES string of the molecule is CCCCN1C(=O)/C(=C\c2ccc(COc3ccc(C#N)cc3)o2)NC1=S. The largest absolute Gasteiger partial charge is 0.486 e. The van der Waals surface area contributed by atoms with Crippen LogP contribution in [0.5, 0.6) is 5.75 Å². The fourth-order valence-electron chi connectivity index (χ4n) is 2.56. The highest BCUT2D eigenvalue weighted by Crippen LogP contribution is 2.19. The molecule has 1 aliphatic heterocycles. The van der Waals surface area contributed by atoms with Crippen LogP contribution >= 0.6 is 12.2 Å². The van der Waals surface area contributed by atoms with Gasteiger partial charge in [0, 0.05) is 12.6 Å². The minimum atomic E-state index is -0.139. The summed E-state index contributed by atoms with van der Waals surface area (Å²) in [5.74, 6) is 1.68. The van der Waals surface area contributed by atoms with Gasteiger partial charge < -0.3 is 14.5 Å². The zero-order valence-corrected chi connectivity index (χ0v) is 15.7. The average molecular weight is 381 g/mol. The molecule has 27 heavy (non-hydrogen) atoms. The van der Waals surface area contributed by atoms with Gasteiger partial charge in [0.25, 0.3) is 5.91 Å². The summed E-state index contributed by atoms with van der Waals surface area (Å²) in [5, 5.41) is 12.2. The van der Waals surface area contributed by atoms with E-state index in [-0.39, 0.29) is 12.5 Å². The number of furan rings is 1. The Balaban J connectivity index is 1.62. The van der Waals surface area contributed by atoms with Gasteiger partial charge >= 0.3 is 0 Å². The van der Waals surface area contributed by atoms with Gasteiger partial charge in [-0.2, -0.15) is 5.26 Å². The van der Waals surface area contributed by atoms with E-state index in [2.05, 4.69) is 18.3 Å². The molecule has 1 aliphatic rings. The third-order valence-corrected chi connectivity index (χ3v) is 4.35. The standard InChI is InChI=1S/C20H19N3O3S/c1-2-3-10-23-19(24)18(22-20(23)27)11-16-8-9-17(26-16)13-25-15-6-4-14(12-21)5-7-15/h4-9,11H,2-3,10,13H2,1H3,(H,22,27)/b18-11+. The number of carbonyl (C=O) groups excluding carboxylic acids is 1. The van der Waals surface area contributed by atoms with Crippen molar-refractivity contribution in [3.05, 3.63) is 59.2 Å². The Morgan fingerprint density at radius 1 is 1.30 bits per heavy atom. The molecular formula is C20H19N3O3S. The summed E-state index contributed by atoms with van der Waals surface area (Å²) in [6.45, 7) is 2.93. The molecule has 0 radical (unpaired) electrons. The Kier molecular flexibility index (Phi) is 5.89. The van der Waals surface area contributed by atoms with Crippen LogP contribution in [0.2, 0.25) is 0 Å². The van der Waals surface area contributed by atoms with E-state index >= 15 is 0 Å². The number of amides is 1. The summed E-state index contributed by atoms with van der Waals surface area (Å²) in [7, 11) is 0. The van der Waals surface area contributed by atoms with E-state index in [4.69, 9.17) is 26.6 Å². The highest BCUT2D eigenvalue weighted by atomic mass is 32.1. The Hall–Kier alpha value is -3.11. The second-order valence-corrected chi connectivity index (χ2v) is 6.41. The van der Waals surface area contributed by atoms with Crippen LogP contribution in [-0.2, 0) is 11.4 Å². The van der Waals surface area contributed by atoms with Gasteiger partial charge in [-0.1, -0.05) is 13.3 Å². The lowest BCUT2D eigenvalue weighted by Crippen LogP contribution is -2.31. The summed E-state index contributed by atoms with van der Waals surface area (Å²) in [6.07, 6.45) is 3.54. The number of thiocarbonyl (C=S) groups is 1. The van der Waals surface area contributed by atoms with Gasteiger partial charge in [-0.15, -0.1) is 0 Å². The molecular weight excluding hydrogens is 362 g/mol. The first-order valence-corrected chi connectivity index (χ1v) is 9.07. The molecule has 7 heteroatoms. The predicted molar refractivity (Wildman–Crippen MR) is 105 cm³/mol. The average Bonchev–Trinajstić information content (AvgIpc) is 3.23. The third-order valence-electron chi connectivity index (χ3n) is 4.03. The van der Waals surface area contributed by atoms with Crippen LogP contribution in [0.15, 0.2) is 46.5 Å². The van der Waals surface area contributed by atoms with Crippen molar-refractivity contribution in [2.24, 2.45) is 0 Å². The molecule has 1 aromatic carbocycles. The van der Waals surface area contributed by atoms with Crippen LogP contribution in [0.4, 0.5) is 0 Å². The van der Waals surface area contributed by atoms with E-state index < -0.39 is 0 Å². The highest BCUT2D eigenvalue weighted by Gasteiger charge is 2.30. The van der Waals surface area contributed by atoms with E-state index in [1.54, 1.807) is 47.4 Å². The Morgan fingerprint density at radius 3 is 2.78 bits per heavy atom. The van der Waals surface area contributed by atoms with Crippen molar-refractivity contribution in [3.63, 3.8) is 0 Å². The van der Waals surface area contributed by atoms with Crippen LogP contribution in [-0.4, -0.2) is 22.5 Å². The maximum atomic E-state index is 12.4. The molecule has 1 aromatic heterocycles. The molecule has 0 spiro atoms. The van der Waals surface area contributed by atoms with Gasteiger partial charge in [-0.05, 0) is 55.0 Å². The van der Waals surface area contributed by atoms with E-state index in [0.717, 1.165) is 12.8 Å². The quantitative estimate of drug-likeness (QED) is 0.583. The Bertz CT molecular complexity index is 909. The van der Waals surface area contributed by atoms with Gasteiger partial charge in [-0.25, -0.2) is 0 Å². The Labute approximate surface area is 163 Å². The van der Waals surface area contributed by atoms with E-state index in [0.29, 0.717) is 40.2 Å². The Morgan fingerprint density at radius 2 is 2.07 bits per heavy atom. The van der Waals surface area contributed by atoms with Crippen molar-refractivity contribution >= 4 is 29.3 Å². The number of rotatable bonds is 7. The molecule has 0 bridgehead atoms. The van der Waals surface area contributed by atoms with Crippen molar-refractivity contribution in [1.82, 2.24) is 10.2 Å². The maximum absolute atomic E-state index is 12.4. The lowest BCUT2D eigenvalue weighted by Gasteiger charge is -2.12. The maximum Gasteiger partial charge on any atom is 0.276 e. The van der Waals surface area contributed by atoms with Crippen molar-refractivity contribution in [1.29, 1.82) is 5.26 Å². The van der Waals surface area contributed by atoms with Crippen LogP contribution in [0.25, 0.3) is 6.08 Å². The van der Waals surface area contributed by atoms with E-state index in [1.807, 2.05) is 0 Å². The predicted octanol–water partition coefficient (Wildman–Crippen LogP) is 3.59. The minimum Gasteiger partial charge on any atom is -0.486 e. The number of benzene rings is 1. The molecule has 0 atom stereocenters. The zero-order chi connectivity index (χ0) is 19.2. The van der Waals surface area contributed by atoms with Crippen LogP contribution in [0.1, 0.15) is 36.8 Å². The molecule has 6 nitrogen and oxygen atoms in total. The number of ether oxygens (including phenoxy) is 1. The first kappa shape index (κ1) is 18.7. The number of nitrogens with zero attached hydrogens (tertiary/aromatic N) is 2. The number of unbranched alkanes of at least 4 members (excludes halogenated alkanes) is 1. The fraction of sp³-hybridized carbons (Fsp3) is 0.250. The number of nitriles is 1. The minimum absolute atomic E-state index is 0.139. The molecule has 1 amide bonds. The molecule has 2 heterocycles. The molecule has 0 aliphatic carbocycles.